The van der Waals surface area contributed by atoms with Crippen LogP contribution < -0.4 is 15.0 Å². The number of rotatable bonds is 6. The lowest BCUT2D eigenvalue weighted by Gasteiger charge is -2.21. The number of para-hydroxylation sites is 1. The molecule has 0 radical (unpaired) electrons. The van der Waals surface area contributed by atoms with Crippen molar-refractivity contribution < 1.29 is 14.3 Å². The van der Waals surface area contributed by atoms with Gasteiger partial charge in [-0.2, -0.15) is 0 Å². The molecule has 126 valence electrons. The molecule has 2 aromatic carbocycles. The Balaban J connectivity index is 2.01. The minimum atomic E-state index is -0.258. The Labute approximate surface area is 146 Å². The molecule has 0 heterocycles. The summed E-state index contributed by atoms with van der Waals surface area (Å²) in [6, 6.07) is 14.2. The molecule has 0 saturated carbocycles. The van der Waals surface area contributed by atoms with Crippen molar-refractivity contribution in [3.8, 4) is 5.75 Å². The number of nitrogens with zero attached hydrogens (tertiary/aromatic N) is 1. The number of carbonyl (C=O) groups excluding carboxylic acids is 2. The molecule has 0 aliphatic carbocycles. The van der Waals surface area contributed by atoms with E-state index in [2.05, 4.69) is 5.32 Å². The van der Waals surface area contributed by atoms with Crippen molar-refractivity contribution in [2.24, 2.45) is 0 Å². The molecule has 0 bridgehead atoms. The van der Waals surface area contributed by atoms with Crippen molar-refractivity contribution in [3.05, 3.63) is 59.1 Å². The van der Waals surface area contributed by atoms with Crippen LogP contribution in [0, 0.1) is 0 Å². The summed E-state index contributed by atoms with van der Waals surface area (Å²) in [6.45, 7) is 1.68. The Kier molecular flexibility index (Phi) is 6.21. The molecule has 0 aliphatic heterocycles. The van der Waals surface area contributed by atoms with E-state index < -0.39 is 0 Å². The summed E-state index contributed by atoms with van der Waals surface area (Å²) in [5.74, 6) is 0.231. The van der Waals surface area contributed by atoms with Crippen LogP contribution >= 0.6 is 11.6 Å². The maximum absolute atomic E-state index is 12.2. The van der Waals surface area contributed by atoms with Gasteiger partial charge < -0.3 is 15.0 Å². The molecule has 0 unspecified atom stereocenters. The van der Waals surface area contributed by atoms with Gasteiger partial charge in [-0.3, -0.25) is 9.59 Å². The number of benzene rings is 2. The van der Waals surface area contributed by atoms with E-state index in [4.69, 9.17) is 16.3 Å². The van der Waals surface area contributed by atoms with Crippen LogP contribution in [-0.4, -0.2) is 25.5 Å². The predicted octanol–water partition coefficient (Wildman–Crippen LogP) is 3.02. The van der Waals surface area contributed by atoms with E-state index in [1.165, 1.54) is 11.8 Å². The average molecular weight is 347 g/mol. The van der Waals surface area contributed by atoms with Gasteiger partial charge in [0.05, 0.1) is 7.11 Å². The van der Waals surface area contributed by atoms with Gasteiger partial charge in [0.25, 0.3) is 0 Å². The summed E-state index contributed by atoms with van der Waals surface area (Å²) < 4.78 is 5.25. The number of nitrogens with one attached hydrogen (secondary N) is 1. The lowest BCUT2D eigenvalue weighted by Crippen LogP contribution is -2.39. The normalized spacial score (nSPS) is 10.1. The van der Waals surface area contributed by atoms with Crippen LogP contribution in [0.4, 0.5) is 5.69 Å². The third-order valence-electron chi connectivity index (χ3n) is 3.49. The molecule has 2 rings (SSSR count). The molecule has 0 aromatic heterocycles. The molecule has 0 spiro atoms. The SMILES string of the molecule is COc1ccccc1CNC(=O)CN(C(C)=O)c1ccc(Cl)cc1. The zero-order valence-corrected chi connectivity index (χ0v) is 14.3. The van der Waals surface area contributed by atoms with Gasteiger partial charge in [0.2, 0.25) is 11.8 Å². The van der Waals surface area contributed by atoms with Crippen LogP contribution in [0.2, 0.25) is 5.02 Å². The molecule has 1 N–H and O–H groups in total. The van der Waals surface area contributed by atoms with E-state index in [-0.39, 0.29) is 18.4 Å². The molecule has 5 nitrogen and oxygen atoms in total. The van der Waals surface area contributed by atoms with Gasteiger partial charge >= 0.3 is 0 Å². The maximum Gasteiger partial charge on any atom is 0.240 e. The minimum Gasteiger partial charge on any atom is -0.496 e. The number of anilines is 1. The highest BCUT2D eigenvalue weighted by molar-refractivity contribution is 6.30. The number of carbonyl (C=O) groups is 2. The molecule has 0 fully saturated rings. The quantitative estimate of drug-likeness (QED) is 0.874. The van der Waals surface area contributed by atoms with E-state index in [0.717, 1.165) is 5.56 Å². The molecule has 0 saturated heterocycles. The molecular formula is C18H19ClN2O3. The number of halogens is 1. The molecule has 6 heteroatoms. The first-order valence-electron chi connectivity index (χ1n) is 7.43. The third-order valence-corrected chi connectivity index (χ3v) is 3.74. The molecule has 2 aromatic rings. The Bertz CT molecular complexity index is 716. The zero-order chi connectivity index (χ0) is 17.5. The Morgan fingerprint density at radius 1 is 1.12 bits per heavy atom. The summed E-state index contributed by atoms with van der Waals surface area (Å²) in [4.78, 5) is 25.4. The van der Waals surface area contributed by atoms with Crippen LogP contribution in [-0.2, 0) is 16.1 Å². The van der Waals surface area contributed by atoms with Crippen LogP contribution in [0.5, 0.6) is 5.75 Å². The van der Waals surface area contributed by atoms with Gasteiger partial charge in [0.15, 0.2) is 0 Å². The zero-order valence-electron chi connectivity index (χ0n) is 13.6. The number of amides is 2. The second-order valence-electron chi connectivity index (χ2n) is 5.17. The van der Waals surface area contributed by atoms with Gasteiger partial charge in [-0.05, 0) is 30.3 Å². The van der Waals surface area contributed by atoms with Crippen molar-refractivity contribution in [3.63, 3.8) is 0 Å². The highest BCUT2D eigenvalue weighted by Crippen LogP contribution is 2.19. The maximum atomic E-state index is 12.2. The fourth-order valence-corrected chi connectivity index (χ4v) is 2.37. The monoisotopic (exact) mass is 346 g/mol. The summed E-state index contributed by atoms with van der Waals surface area (Å²) in [7, 11) is 1.58. The largest absolute Gasteiger partial charge is 0.496 e. The van der Waals surface area contributed by atoms with Crippen LogP contribution in [0.25, 0.3) is 0 Å². The average Bonchev–Trinajstić information content (AvgIpc) is 2.58. The first-order chi connectivity index (χ1) is 11.5. The number of hydrogen-bond acceptors (Lipinski definition) is 3. The van der Waals surface area contributed by atoms with Crippen LogP contribution in [0.1, 0.15) is 12.5 Å². The molecule has 0 atom stereocenters. The van der Waals surface area contributed by atoms with Crippen molar-refractivity contribution in [1.29, 1.82) is 0 Å². The Morgan fingerprint density at radius 3 is 2.42 bits per heavy atom. The highest BCUT2D eigenvalue weighted by atomic mass is 35.5. The number of ether oxygens (including phenoxy) is 1. The number of hydrogen-bond donors (Lipinski definition) is 1. The van der Waals surface area contributed by atoms with Gasteiger partial charge in [-0.25, -0.2) is 0 Å². The second-order valence-corrected chi connectivity index (χ2v) is 5.61. The van der Waals surface area contributed by atoms with Gasteiger partial charge in [0, 0.05) is 29.7 Å². The van der Waals surface area contributed by atoms with E-state index in [1.807, 2.05) is 24.3 Å². The fourth-order valence-electron chi connectivity index (χ4n) is 2.25. The molecule has 2 amide bonds. The van der Waals surface area contributed by atoms with Crippen LogP contribution in [0.15, 0.2) is 48.5 Å². The summed E-state index contributed by atoms with van der Waals surface area (Å²) in [6.07, 6.45) is 0. The molecule has 24 heavy (non-hydrogen) atoms. The molecule has 0 aliphatic rings. The van der Waals surface area contributed by atoms with Crippen LogP contribution in [0.3, 0.4) is 0 Å². The van der Waals surface area contributed by atoms with Crippen molar-refractivity contribution in [2.75, 3.05) is 18.6 Å². The Hall–Kier alpha value is -2.53. The first-order valence-corrected chi connectivity index (χ1v) is 7.81. The third kappa shape index (κ3) is 4.73. The lowest BCUT2D eigenvalue weighted by molar-refractivity contribution is -0.123. The second kappa shape index (κ2) is 8.36. The topological polar surface area (TPSA) is 58.6 Å². The van der Waals surface area contributed by atoms with E-state index >= 15 is 0 Å². The van der Waals surface area contributed by atoms with Gasteiger partial charge in [-0.1, -0.05) is 29.8 Å². The van der Waals surface area contributed by atoms with E-state index in [1.54, 1.807) is 31.4 Å². The summed E-state index contributed by atoms with van der Waals surface area (Å²) in [5, 5.41) is 3.37. The fraction of sp³-hybridized carbons (Fsp3) is 0.222. The van der Waals surface area contributed by atoms with Gasteiger partial charge in [-0.15, -0.1) is 0 Å². The van der Waals surface area contributed by atoms with Crippen molar-refractivity contribution >= 4 is 29.1 Å². The summed E-state index contributed by atoms with van der Waals surface area (Å²) >= 11 is 5.85. The highest BCUT2D eigenvalue weighted by Gasteiger charge is 2.16. The first kappa shape index (κ1) is 17.8. The smallest absolute Gasteiger partial charge is 0.240 e. The minimum absolute atomic E-state index is 0.0634. The standard InChI is InChI=1S/C18H19ClN2O3/c1-13(22)21(16-9-7-15(19)8-10-16)12-18(23)20-11-14-5-3-4-6-17(14)24-2/h3-10H,11-12H2,1-2H3,(H,20,23). The Morgan fingerprint density at radius 2 is 1.79 bits per heavy atom. The van der Waals surface area contributed by atoms with Gasteiger partial charge in [0.1, 0.15) is 12.3 Å². The number of methoxy groups -OCH3 is 1. The van der Waals surface area contributed by atoms with E-state index in [9.17, 15) is 9.59 Å². The van der Waals surface area contributed by atoms with E-state index in [0.29, 0.717) is 23.0 Å². The summed E-state index contributed by atoms with van der Waals surface area (Å²) in [5.41, 5.74) is 1.49. The van der Waals surface area contributed by atoms with Crippen molar-refractivity contribution in [1.82, 2.24) is 5.32 Å². The van der Waals surface area contributed by atoms with Crippen molar-refractivity contribution in [2.45, 2.75) is 13.5 Å². The predicted molar refractivity (Wildman–Crippen MR) is 94.3 cm³/mol. The molecular weight excluding hydrogens is 328 g/mol. The lowest BCUT2D eigenvalue weighted by atomic mass is 10.2.